The highest BCUT2D eigenvalue weighted by Gasteiger charge is 2.02. The van der Waals surface area contributed by atoms with Crippen molar-refractivity contribution in [3.8, 4) is 0 Å². The Labute approximate surface area is 88.7 Å². The quantitative estimate of drug-likeness (QED) is 0.772. The van der Waals surface area contributed by atoms with E-state index in [0.717, 1.165) is 29.7 Å². The molecule has 4 nitrogen and oxygen atoms in total. The summed E-state index contributed by atoms with van der Waals surface area (Å²) in [6, 6.07) is 7.88. The summed E-state index contributed by atoms with van der Waals surface area (Å²) in [5.74, 6) is 0.828. The van der Waals surface area contributed by atoms with Gasteiger partial charge in [-0.05, 0) is 23.8 Å². The Balaban J connectivity index is 2.26. The zero-order valence-electron chi connectivity index (χ0n) is 8.77. The van der Waals surface area contributed by atoms with Crippen molar-refractivity contribution in [1.29, 1.82) is 0 Å². The zero-order valence-corrected chi connectivity index (χ0v) is 8.77. The number of nitrogens with zero attached hydrogens (tertiary/aromatic N) is 3. The van der Waals surface area contributed by atoms with Crippen LogP contribution >= 0.6 is 0 Å². The fraction of sp³-hybridized carbons (Fsp3) is 0.364. The first-order valence-corrected chi connectivity index (χ1v) is 5.24. The van der Waals surface area contributed by atoms with Crippen molar-refractivity contribution >= 4 is 16.7 Å². The summed E-state index contributed by atoms with van der Waals surface area (Å²) in [5, 5.41) is 16.0. The second-order valence-corrected chi connectivity index (χ2v) is 3.44. The van der Waals surface area contributed by atoms with Crippen LogP contribution in [0.3, 0.4) is 0 Å². The smallest absolute Gasteiger partial charge is 0.160 e. The summed E-state index contributed by atoms with van der Waals surface area (Å²) in [4.78, 5) is 0. The van der Waals surface area contributed by atoms with E-state index >= 15 is 0 Å². The van der Waals surface area contributed by atoms with Crippen LogP contribution in [-0.4, -0.2) is 22.0 Å². The maximum Gasteiger partial charge on any atom is 0.160 e. The van der Waals surface area contributed by atoms with Gasteiger partial charge in [0.1, 0.15) is 0 Å². The molecule has 0 aliphatic carbocycles. The van der Waals surface area contributed by atoms with Crippen molar-refractivity contribution < 1.29 is 0 Å². The highest BCUT2D eigenvalue weighted by atomic mass is 15.3. The normalized spacial score (nSPS) is 10.5. The van der Waals surface area contributed by atoms with E-state index in [9.17, 15) is 0 Å². The van der Waals surface area contributed by atoms with Crippen molar-refractivity contribution in [2.24, 2.45) is 0 Å². The number of unbranched alkanes of at least 4 members (excludes halogenated alkanes) is 1. The third kappa shape index (κ3) is 2.21. The number of anilines is 1. The van der Waals surface area contributed by atoms with E-state index < -0.39 is 0 Å². The summed E-state index contributed by atoms with van der Waals surface area (Å²) in [7, 11) is 0. The lowest BCUT2D eigenvalue weighted by molar-refractivity contribution is 0.820. The molecular formula is C11H14N4. The molecule has 0 amide bonds. The highest BCUT2D eigenvalue weighted by molar-refractivity contribution is 5.88. The summed E-state index contributed by atoms with van der Waals surface area (Å²) in [6.07, 6.45) is 2.31. The maximum absolute atomic E-state index is 4.01. The second kappa shape index (κ2) is 4.68. The molecule has 1 heterocycles. The van der Waals surface area contributed by atoms with Gasteiger partial charge in [-0.1, -0.05) is 25.5 Å². The molecule has 0 aliphatic heterocycles. The van der Waals surface area contributed by atoms with Crippen LogP contribution in [-0.2, 0) is 0 Å². The first-order chi connectivity index (χ1) is 7.42. The molecule has 0 radical (unpaired) electrons. The molecule has 0 bridgehead atoms. The summed E-state index contributed by atoms with van der Waals surface area (Å²) < 4.78 is 0. The van der Waals surface area contributed by atoms with Crippen molar-refractivity contribution in [2.45, 2.75) is 19.8 Å². The standard InChI is InChI=1S/C11H14N4/c1-2-3-8-12-11-9-6-4-5-7-10(9)13-15-14-11/h4-7H,2-3,8H2,1H3,(H,12,13,14). The predicted molar refractivity (Wildman–Crippen MR) is 60.7 cm³/mol. The van der Waals surface area contributed by atoms with Crippen LogP contribution in [0.5, 0.6) is 0 Å². The molecule has 2 rings (SSSR count). The predicted octanol–water partition coefficient (Wildman–Crippen LogP) is 2.24. The summed E-state index contributed by atoms with van der Waals surface area (Å²) >= 11 is 0. The SMILES string of the molecule is CCCCNc1nnnc2ccccc12. The first-order valence-electron chi connectivity index (χ1n) is 5.24. The van der Waals surface area contributed by atoms with Crippen LogP contribution in [0, 0.1) is 0 Å². The fourth-order valence-corrected chi connectivity index (χ4v) is 1.44. The Morgan fingerprint density at radius 1 is 1.20 bits per heavy atom. The number of benzene rings is 1. The molecule has 1 aromatic carbocycles. The molecular weight excluding hydrogens is 188 g/mol. The van der Waals surface area contributed by atoms with Gasteiger partial charge in [0.05, 0.1) is 5.52 Å². The van der Waals surface area contributed by atoms with Crippen LogP contribution in [0.2, 0.25) is 0 Å². The van der Waals surface area contributed by atoms with Gasteiger partial charge in [-0.3, -0.25) is 0 Å². The van der Waals surface area contributed by atoms with Crippen LogP contribution in [0.15, 0.2) is 24.3 Å². The molecule has 4 heteroatoms. The minimum absolute atomic E-state index is 0.828. The molecule has 78 valence electrons. The number of aromatic nitrogens is 3. The van der Waals surface area contributed by atoms with E-state index in [0.29, 0.717) is 0 Å². The van der Waals surface area contributed by atoms with Gasteiger partial charge in [0.2, 0.25) is 0 Å². The van der Waals surface area contributed by atoms with Crippen LogP contribution in [0.25, 0.3) is 10.9 Å². The Kier molecular flexibility index (Phi) is 3.07. The minimum Gasteiger partial charge on any atom is -0.368 e. The van der Waals surface area contributed by atoms with Crippen molar-refractivity contribution in [2.75, 3.05) is 11.9 Å². The molecule has 15 heavy (non-hydrogen) atoms. The van der Waals surface area contributed by atoms with Gasteiger partial charge in [0, 0.05) is 11.9 Å². The first kappa shape index (κ1) is 9.83. The van der Waals surface area contributed by atoms with Gasteiger partial charge in [-0.15, -0.1) is 10.2 Å². The largest absolute Gasteiger partial charge is 0.368 e. The second-order valence-electron chi connectivity index (χ2n) is 3.44. The minimum atomic E-state index is 0.828. The molecule has 0 saturated heterocycles. The lowest BCUT2D eigenvalue weighted by Crippen LogP contribution is -2.05. The molecule has 1 aromatic heterocycles. The van der Waals surface area contributed by atoms with Gasteiger partial charge < -0.3 is 5.32 Å². The van der Waals surface area contributed by atoms with E-state index in [1.54, 1.807) is 0 Å². The lowest BCUT2D eigenvalue weighted by Gasteiger charge is -2.05. The molecule has 0 spiro atoms. The number of hydrogen-bond donors (Lipinski definition) is 1. The van der Waals surface area contributed by atoms with Gasteiger partial charge in [-0.2, -0.15) is 0 Å². The van der Waals surface area contributed by atoms with Crippen LogP contribution in [0.4, 0.5) is 5.82 Å². The van der Waals surface area contributed by atoms with Gasteiger partial charge in [0.15, 0.2) is 5.82 Å². The Morgan fingerprint density at radius 2 is 2.07 bits per heavy atom. The Hall–Kier alpha value is -1.71. The molecule has 0 atom stereocenters. The fourth-order valence-electron chi connectivity index (χ4n) is 1.44. The molecule has 2 aromatic rings. The number of hydrogen-bond acceptors (Lipinski definition) is 4. The van der Waals surface area contributed by atoms with Gasteiger partial charge >= 0.3 is 0 Å². The third-order valence-corrected chi connectivity index (χ3v) is 2.28. The van der Waals surface area contributed by atoms with Gasteiger partial charge in [-0.25, -0.2) is 0 Å². The number of rotatable bonds is 4. The molecule has 0 unspecified atom stereocenters. The van der Waals surface area contributed by atoms with E-state index in [1.165, 1.54) is 6.42 Å². The van der Waals surface area contributed by atoms with E-state index in [4.69, 9.17) is 0 Å². The third-order valence-electron chi connectivity index (χ3n) is 2.28. The average Bonchev–Trinajstić information content (AvgIpc) is 2.30. The Morgan fingerprint density at radius 3 is 2.93 bits per heavy atom. The molecule has 0 saturated carbocycles. The highest BCUT2D eigenvalue weighted by Crippen LogP contribution is 2.17. The topological polar surface area (TPSA) is 50.7 Å². The van der Waals surface area contributed by atoms with Crippen LogP contribution in [0.1, 0.15) is 19.8 Å². The Bertz CT molecular complexity index is 436. The average molecular weight is 202 g/mol. The van der Waals surface area contributed by atoms with Crippen molar-refractivity contribution in [3.63, 3.8) is 0 Å². The zero-order chi connectivity index (χ0) is 10.5. The summed E-state index contributed by atoms with van der Waals surface area (Å²) in [6.45, 7) is 3.09. The van der Waals surface area contributed by atoms with E-state index in [1.807, 2.05) is 24.3 Å². The van der Waals surface area contributed by atoms with Gasteiger partial charge in [0.25, 0.3) is 0 Å². The molecule has 1 N–H and O–H groups in total. The summed E-state index contributed by atoms with van der Waals surface area (Å²) in [5.41, 5.74) is 0.881. The number of fused-ring (bicyclic) bond motifs is 1. The maximum atomic E-state index is 4.01. The monoisotopic (exact) mass is 202 g/mol. The molecule has 0 fully saturated rings. The van der Waals surface area contributed by atoms with E-state index in [-0.39, 0.29) is 0 Å². The van der Waals surface area contributed by atoms with Crippen molar-refractivity contribution in [3.05, 3.63) is 24.3 Å². The van der Waals surface area contributed by atoms with Crippen molar-refractivity contribution in [1.82, 2.24) is 15.4 Å². The lowest BCUT2D eigenvalue weighted by atomic mass is 10.2. The number of nitrogens with one attached hydrogen (secondary N) is 1. The van der Waals surface area contributed by atoms with Crippen LogP contribution < -0.4 is 5.32 Å². The van der Waals surface area contributed by atoms with E-state index in [2.05, 4.69) is 27.7 Å². The molecule has 0 aliphatic rings.